The summed E-state index contributed by atoms with van der Waals surface area (Å²) in [5, 5.41) is 0. The molecule has 108 valence electrons. The van der Waals surface area contributed by atoms with Gasteiger partial charge in [0.25, 0.3) is 0 Å². The van der Waals surface area contributed by atoms with Crippen LogP contribution in [0.1, 0.15) is 18.5 Å². The molecule has 0 radical (unpaired) electrons. The van der Waals surface area contributed by atoms with Gasteiger partial charge in [-0.15, -0.1) is 0 Å². The minimum atomic E-state index is -4.23. The van der Waals surface area contributed by atoms with Crippen molar-refractivity contribution >= 4 is 11.8 Å². The minimum absolute atomic E-state index is 0.0446. The van der Waals surface area contributed by atoms with E-state index >= 15 is 0 Å². The van der Waals surface area contributed by atoms with E-state index in [-0.39, 0.29) is 30.2 Å². The van der Waals surface area contributed by atoms with Gasteiger partial charge < -0.3 is 15.2 Å². The van der Waals surface area contributed by atoms with Crippen LogP contribution in [-0.4, -0.2) is 25.0 Å². The van der Waals surface area contributed by atoms with Crippen molar-refractivity contribution in [3.05, 3.63) is 23.8 Å². The number of alkyl halides is 3. The molecule has 2 N–H and O–H groups in total. The molecule has 0 bridgehead atoms. The number of benzene rings is 1. The molecule has 1 aromatic carbocycles. The van der Waals surface area contributed by atoms with Crippen LogP contribution in [0, 0.1) is 0 Å². The number of rotatable bonds is 6. The Hall–Kier alpha value is -1.08. The summed E-state index contributed by atoms with van der Waals surface area (Å²) in [6, 6.07) is 4.83. The van der Waals surface area contributed by atoms with Crippen molar-refractivity contribution in [1.82, 2.24) is 0 Å². The van der Waals surface area contributed by atoms with Gasteiger partial charge in [0.2, 0.25) is 0 Å². The number of nitrogens with two attached hydrogens (primary N) is 1. The molecule has 1 atom stereocenters. The Bertz CT molecular complexity index is 410. The number of ether oxygens (including phenoxy) is 2. The quantitative estimate of drug-likeness (QED) is 0.817. The molecule has 1 aromatic rings. The molecular formula is C12H16F3NO2S. The maximum Gasteiger partial charge on any atom is 0.441 e. The fraction of sp³-hybridized carbons (Fsp3) is 0.500. The molecule has 1 unspecified atom stereocenters. The summed E-state index contributed by atoms with van der Waals surface area (Å²) in [6.45, 7) is 1.73. The summed E-state index contributed by atoms with van der Waals surface area (Å²) in [6.07, 6.45) is 0. The van der Waals surface area contributed by atoms with E-state index in [0.29, 0.717) is 11.5 Å². The van der Waals surface area contributed by atoms with E-state index in [4.69, 9.17) is 15.2 Å². The smallest absolute Gasteiger partial charge is 0.441 e. The van der Waals surface area contributed by atoms with Crippen molar-refractivity contribution in [1.29, 1.82) is 0 Å². The standard InChI is InChI=1S/C12H16F3NO2S/c1-8(16)10-4-3-9(17-2)7-11(10)18-5-6-19-12(13,14)15/h3-4,7-8H,5-6,16H2,1-2H3. The van der Waals surface area contributed by atoms with Gasteiger partial charge in [-0.25, -0.2) is 0 Å². The van der Waals surface area contributed by atoms with Gasteiger partial charge in [0.1, 0.15) is 11.5 Å². The molecule has 0 saturated carbocycles. The van der Waals surface area contributed by atoms with Crippen LogP contribution in [0.5, 0.6) is 11.5 Å². The molecule has 0 aliphatic heterocycles. The van der Waals surface area contributed by atoms with Crippen molar-refractivity contribution in [2.24, 2.45) is 5.73 Å². The number of halogens is 3. The van der Waals surface area contributed by atoms with E-state index in [9.17, 15) is 13.2 Å². The minimum Gasteiger partial charge on any atom is -0.497 e. The lowest BCUT2D eigenvalue weighted by molar-refractivity contribution is -0.0329. The highest BCUT2D eigenvalue weighted by molar-refractivity contribution is 8.00. The van der Waals surface area contributed by atoms with Crippen LogP contribution < -0.4 is 15.2 Å². The summed E-state index contributed by atoms with van der Waals surface area (Å²) in [4.78, 5) is 0. The zero-order valence-corrected chi connectivity index (χ0v) is 11.5. The van der Waals surface area contributed by atoms with E-state index in [0.717, 1.165) is 5.56 Å². The lowest BCUT2D eigenvalue weighted by Crippen LogP contribution is -2.11. The molecule has 7 heteroatoms. The molecule has 0 fully saturated rings. The average Bonchev–Trinajstić information content (AvgIpc) is 2.33. The second kappa shape index (κ2) is 6.91. The maximum absolute atomic E-state index is 12.0. The van der Waals surface area contributed by atoms with Crippen molar-refractivity contribution in [2.45, 2.75) is 18.5 Å². The van der Waals surface area contributed by atoms with Crippen LogP contribution in [0.25, 0.3) is 0 Å². The van der Waals surface area contributed by atoms with Gasteiger partial charge in [-0.05, 0) is 24.8 Å². The molecule has 0 aliphatic rings. The van der Waals surface area contributed by atoms with Crippen LogP contribution in [0.3, 0.4) is 0 Å². The Morgan fingerprint density at radius 1 is 1.37 bits per heavy atom. The predicted octanol–water partition coefficient (Wildman–Crippen LogP) is 3.35. The Labute approximate surface area is 114 Å². The normalized spacial score (nSPS) is 13.2. The largest absolute Gasteiger partial charge is 0.497 e. The van der Waals surface area contributed by atoms with E-state index in [1.165, 1.54) is 7.11 Å². The molecule has 0 saturated heterocycles. The third kappa shape index (κ3) is 5.61. The van der Waals surface area contributed by atoms with E-state index < -0.39 is 5.51 Å². The number of thioether (sulfide) groups is 1. The van der Waals surface area contributed by atoms with Crippen LogP contribution in [0.4, 0.5) is 13.2 Å². The molecule has 0 aliphatic carbocycles. The predicted molar refractivity (Wildman–Crippen MR) is 69.6 cm³/mol. The Morgan fingerprint density at radius 2 is 2.05 bits per heavy atom. The first-order valence-corrected chi connectivity index (χ1v) is 6.59. The first kappa shape index (κ1) is 16.0. The first-order chi connectivity index (χ1) is 8.83. The highest BCUT2D eigenvalue weighted by Gasteiger charge is 2.27. The molecule has 19 heavy (non-hydrogen) atoms. The SMILES string of the molecule is COc1ccc(C(C)N)c(OCCSC(F)(F)F)c1. The summed E-state index contributed by atoms with van der Waals surface area (Å²) < 4.78 is 46.3. The van der Waals surface area contributed by atoms with Crippen LogP contribution in [0.15, 0.2) is 18.2 Å². The molecule has 0 amide bonds. The monoisotopic (exact) mass is 295 g/mol. The Kier molecular flexibility index (Phi) is 5.81. The van der Waals surface area contributed by atoms with Crippen LogP contribution in [-0.2, 0) is 0 Å². The summed E-state index contributed by atoms with van der Waals surface area (Å²) in [5.41, 5.74) is 2.27. The summed E-state index contributed by atoms with van der Waals surface area (Å²) in [5.74, 6) is 0.860. The second-order valence-corrected chi connectivity index (χ2v) is 4.99. The number of methoxy groups -OCH3 is 1. The van der Waals surface area contributed by atoms with Gasteiger partial charge in [-0.2, -0.15) is 13.2 Å². The van der Waals surface area contributed by atoms with Gasteiger partial charge in [0, 0.05) is 23.4 Å². The van der Waals surface area contributed by atoms with E-state index in [2.05, 4.69) is 0 Å². The number of hydrogen-bond acceptors (Lipinski definition) is 4. The third-order valence-electron chi connectivity index (χ3n) is 2.32. The van der Waals surface area contributed by atoms with Crippen molar-refractivity contribution in [3.8, 4) is 11.5 Å². The van der Waals surface area contributed by atoms with Crippen molar-refractivity contribution in [2.75, 3.05) is 19.5 Å². The van der Waals surface area contributed by atoms with Crippen molar-refractivity contribution < 1.29 is 22.6 Å². The van der Waals surface area contributed by atoms with Crippen LogP contribution >= 0.6 is 11.8 Å². The topological polar surface area (TPSA) is 44.5 Å². The summed E-state index contributed by atoms with van der Waals surface area (Å²) in [7, 11) is 1.50. The molecule has 0 aromatic heterocycles. The first-order valence-electron chi connectivity index (χ1n) is 5.60. The molecule has 1 rings (SSSR count). The van der Waals surface area contributed by atoms with Gasteiger partial charge >= 0.3 is 5.51 Å². The maximum atomic E-state index is 12.0. The zero-order chi connectivity index (χ0) is 14.5. The van der Waals surface area contributed by atoms with Gasteiger partial charge in [-0.3, -0.25) is 0 Å². The van der Waals surface area contributed by atoms with Crippen molar-refractivity contribution in [3.63, 3.8) is 0 Å². The van der Waals surface area contributed by atoms with Gasteiger partial charge in [0.15, 0.2) is 0 Å². The molecule has 0 spiro atoms. The van der Waals surface area contributed by atoms with Gasteiger partial charge in [-0.1, -0.05) is 6.07 Å². The fourth-order valence-corrected chi connectivity index (χ4v) is 1.85. The summed E-state index contributed by atoms with van der Waals surface area (Å²) >= 11 is -0.110. The van der Waals surface area contributed by atoms with E-state index in [1.54, 1.807) is 25.1 Å². The molecule has 0 heterocycles. The van der Waals surface area contributed by atoms with Crippen LogP contribution in [0.2, 0.25) is 0 Å². The third-order valence-corrected chi connectivity index (χ3v) is 3.02. The van der Waals surface area contributed by atoms with Gasteiger partial charge in [0.05, 0.1) is 13.7 Å². The Morgan fingerprint density at radius 3 is 2.58 bits per heavy atom. The lowest BCUT2D eigenvalue weighted by atomic mass is 10.1. The van der Waals surface area contributed by atoms with E-state index in [1.807, 2.05) is 0 Å². The highest BCUT2D eigenvalue weighted by atomic mass is 32.2. The fourth-order valence-electron chi connectivity index (χ4n) is 1.45. The Balaban J connectivity index is 2.65. The average molecular weight is 295 g/mol. The molecular weight excluding hydrogens is 279 g/mol. The highest BCUT2D eigenvalue weighted by Crippen LogP contribution is 2.31. The lowest BCUT2D eigenvalue weighted by Gasteiger charge is -2.15. The number of hydrogen-bond donors (Lipinski definition) is 1. The molecule has 3 nitrogen and oxygen atoms in total. The second-order valence-electron chi connectivity index (χ2n) is 3.84. The zero-order valence-electron chi connectivity index (χ0n) is 10.7.